The van der Waals surface area contributed by atoms with Gasteiger partial charge in [-0.15, -0.1) is 0 Å². The highest BCUT2D eigenvalue weighted by Gasteiger charge is 2.23. The quantitative estimate of drug-likeness (QED) is 0.837. The van der Waals surface area contributed by atoms with Gasteiger partial charge in [0.1, 0.15) is 18.5 Å². The summed E-state index contributed by atoms with van der Waals surface area (Å²) in [6.45, 7) is 8.61. The fourth-order valence-corrected chi connectivity index (χ4v) is 2.41. The van der Waals surface area contributed by atoms with Crippen molar-refractivity contribution in [2.45, 2.75) is 39.2 Å². The van der Waals surface area contributed by atoms with E-state index in [2.05, 4.69) is 26.0 Å². The van der Waals surface area contributed by atoms with Crippen molar-refractivity contribution < 1.29 is 14.3 Å². The lowest BCUT2D eigenvalue weighted by molar-refractivity contribution is -0.139. The van der Waals surface area contributed by atoms with E-state index in [0.29, 0.717) is 38.6 Å². The van der Waals surface area contributed by atoms with Crippen molar-refractivity contribution in [3.05, 3.63) is 29.8 Å². The summed E-state index contributed by atoms with van der Waals surface area (Å²) in [6.07, 6.45) is 0.503. The minimum atomic E-state index is -0.0426. The fourth-order valence-electron chi connectivity index (χ4n) is 2.41. The highest BCUT2D eigenvalue weighted by atomic mass is 16.5. The molecule has 1 saturated heterocycles. The smallest absolute Gasteiger partial charge is 0.222 e. The van der Waals surface area contributed by atoms with Gasteiger partial charge < -0.3 is 14.4 Å². The average Bonchev–Trinajstić information content (AvgIpc) is 2.52. The van der Waals surface area contributed by atoms with Crippen LogP contribution in [0, 0.1) is 0 Å². The number of carbonyl (C=O) groups is 1. The van der Waals surface area contributed by atoms with Crippen LogP contribution in [0.4, 0.5) is 0 Å². The van der Waals surface area contributed by atoms with Gasteiger partial charge in [-0.25, -0.2) is 0 Å². The van der Waals surface area contributed by atoms with E-state index in [-0.39, 0.29) is 12.0 Å². The van der Waals surface area contributed by atoms with Gasteiger partial charge in [0.15, 0.2) is 0 Å². The monoisotopic (exact) mass is 291 g/mol. The molecule has 1 fully saturated rings. The van der Waals surface area contributed by atoms with E-state index in [1.165, 1.54) is 5.56 Å². The number of hydrogen-bond donors (Lipinski definition) is 0. The minimum absolute atomic E-state index is 0.0426. The molecular weight excluding hydrogens is 266 g/mol. The van der Waals surface area contributed by atoms with Gasteiger partial charge in [-0.3, -0.25) is 4.79 Å². The Balaban J connectivity index is 1.83. The molecule has 0 radical (unpaired) electrons. The van der Waals surface area contributed by atoms with Gasteiger partial charge in [0.05, 0.1) is 13.2 Å². The van der Waals surface area contributed by atoms with Crippen LogP contribution in [0.15, 0.2) is 24.3 Å². The van der Waals surface area contributed by atoms with Crippen LogP contribution in [0.3, 0.4) is 0 Å². The average molecular weight is 291 g/mol. The van der Waals surface area contributed by atoms with Crippen molar-refractivity contribution >= 4 is 5.91 Å². The molecule has 1 aliphatic heterocycles. The van der Waals surface area contributed by atoms with Crippen LogP contribution in [-0.2, 0) is 9.53 Å². The molecule has 4 nitrogen and oxygen atoms in total. The molecule has 1 aliphatic rings. The maximum Gasteiger partial charge on any atom is 0.222 e. The maximum absolute atomic E-state index is 11.7. The number of amides is 1. The molecule has 1 aromatic carbocycles. The summed E-state index contributed by atoms with van der Waals surface area (Å²) in [5.74, 6) is 1.56. The van der Waals surface area contributed by atoms with Crippen molar-refractivity contribution in [2.75, 3.05) is 26.3 Å². The lowest BCUT2D eigenvalue weighted by Crippen LogP contribution is -2.47. The molecule has 1 amide bonds. The van der Waals surface area contributed by atoms with Crippen LogP contribution in [0.5, 0.6) is 5.75 Å². The van der Waals surface area contributed by atoms with Gasteiger partial charge in [-0.2, -0.15) is 0 Å². The zero-order chi connectivity index (χ0) is 15.2. The second kappa shape index (κ2) is 7.46. The highest BCUT2D eigenvalue weighted by molar-refractivity contribution is 5.75. The molecule has 0 aromatic heterocycles. The SMILES string of the molecule is CCC(=O)N1CCO[C@@H](COc2ccc(C(C)C)cc2)C1. The normalized spacial score (nSPS) is 18.9. The third kappa shape index (κ3) is 4.46. The van der Waals surface area contributed by atoms with E-state index in [4.69, 9.17) is 9.47 Å². The molecule has 2 rings (SSSR count). The van der Waals surface area contributed by atoms with Gasteiger partial charge in [0.2, 0.25) is 5.91 Å². The third-order valence-electron chi connectivity index (χ3n) is 3.78. The molecular formula is C17H25NO3. The summed E-state index contributed by atoms with van der Waals surface area (Å²) < 4.78 is 11.4. The zero-order valence-corrected chi connectivity index (χ0v) is 13.2. The van der Waals surface area contributed by atoms with Gasteiger partial charge in [0.25, 0.3) is 0 Å². The Morgan fingerprint density at radius 2 is 2.10 bits per heavy atom. The van der Waals surface area contributed by atoms with E-state index in [1.807, 2.05) is 24.0 Å². The van der Waals surface area contributed by atoms with E-state index >= 15 is 0 Å². The molecule has 4 heteroatoms. The van der Waals surface area contributed by atoms with Crippen LogP contribution >= 0.6 is 0 Å². The molecule has 1 heterocycles. The molecule has 0 spiro atoms. The van der Waals surface area contributed by atoms with Crippen molar-refractivity contribution in [1.29, 1.82) is 0 Å². The van der Waals surface area contributed by atoms with E-state index in [1.54, 1.807) is 0 Å². The lowest BCUT2D eigenvalue weighted by atomic mass is 10.0. The number of benzene rings is 1. The lowest BCUT2D eigenvalue weighted by Gasteiger charge is -2.32. The Kier molecular flexibility index (Phi) is 5.62. The molecule has 0 saturated carbocycles. The van der Waals surface area contributed by atoms with Gasteiger partial charge >= 0.3 is 0 Å². The first kappa shape index (κ1) is 15.8. The highest BCUT2D eigenvalue weighted by Crippen LogP contribution is 2.19. The second-order valence-electron chi connectivity index (χ2n) is 5.72. The number of hydrogen-bond acceptors (Lipinski definition) is 3. The predicted molar refractivity (Wildman–Crippen MR) is 82.6 cm³/mol. The summed E-state index contributed by atoms with van der Waals surface area (Å²) in [6, 6.07) is 8.17. The van der Waals surface area contributed by atoms with Crippen molar-refractivity contribution in [2.24, 2.45) is 0 Å². The van der Waals surface area contributed by atoms with E-state index < -0.39 is 0 Å². The van der Waals surface area contributed by atoms with Crippen LogP contribution < -0.4 is 4.74 Å². The van der Waals surface area contributed by atoms with Crippen LogP contribution in [0.25, 0.3) is 0 Å². The van der Waals surface area contributed by atoms with E-state index in [9.17, 15) is 4.79 Å². The first-order valence-electron chi connectivity index (χ1n) is 7.72. The molecule has 116 valence electrons. The Hall–Kier alpha value is -1.55. The van der Waals surface area contributed by atoms with Crippen LogP contribution in [-0.4, -0.2) is 43.2 Å². The molecule has 21 heavy (non-hydrogen) atoms. The first-order chi connectivity index (χ1) is 10.1. The Bertz CT molecular complexity index is 456. The van der Waals surface area contributed by atoms with Gasteiger partial charge in [0, 0.05) is 13.0 Å². The van der Waals surface area contributed by atoms with Crippen molar-refractivity contribution in [3.63, 3.8) is 0 Å². The van der Waals surface area contributed by atoms with Crippen molar-refractivity contribution in [1.82, 2.24) is 4.90 Å². The third-order valence-corrected chi connectivity index (χ3v) is 3.78. The fraction of sp³-hybridized carbons (Fsp3) is 0.588. The Morgan fingerprint density at radius 3 is 2.71 bits per heavy atom. The number of ether oxygens (including phenoxy) is 2. The molecule has 1 aromatic rings. The van der Waals surface area contributed by atoms with Gasteiger partial charge in [-0.1, -0.05) is 32.9 Å². The summed E-state index contributed by atoms with van der Waals surface area (Å²) in [5, 5.41) is 0. The summed E-state index contributed by atoms with van der Waals surface area (Å²) >= 11 is 0. The number of rotatable bonds is 5. The Labute approximate surface area is 127 Å². The predicted octanol–water partition coefficient (Wildman–Crippen LogP) is 2.83. The van der Waals surface area contributed by atoms with Gasteiger partial charge in [-0.05, 0) is 23.6 Å². The number of nitrogens with zero attached hydrogens (tertiary/aromatic N) is 1. The Morgan fingerprint density at radius 1 is 1.38 bits per heavy atom. The van der Waals surface area contributed by atoms with Crippen LogP contribution in [0.1, 0.15) is 38.7 Å². The molecule has 1 atom stereocenters. The second-order valence-corrected chi connectivity index (χ2v) is 5.72. The zero-order valence-electron chi connectivity index (χ0n) is 13.2. The van der Waals surface area contributed by atoms with Crippen molar-refractivity contribution in [3.8, 4) is 5.75 Å². The largest absolute Gasteiger partial charge is 0.491 e. The molecule has 0 N–H and O–H groups in total. The van der Waals surface area contributed by atoms with Crippen LogP contribution in [0.2, 0.25) is 0 Å². The maximum atomic E-state index is 11.7. The number of morpholine rings is 1. The topological polar surface area (TPSA) is 38.8 Å². The summed E-state index contributed by atoms with van der Waals surface area (Å²) in [7, 11) is 0. The summed E-state index contributed by atoms with van der Waals surface area (Å²) in [5.41, 5.74) is 1.30. The standard InChI is InChI=1S/C17H25NO3/c1-4-17(19)18-9-10-20-16(11-18)12-21-15-7-5-14(6-8-15)13(2)3/h5-8,13,16H,4,9-12H2,1-3H3/t16-/m1/s1. The summed E-state index contributed by atoms with van der Waals surface area (Å²) in [4.78, 5) is 13.6. The molecule has 0 bridgehead atoms. The first-order valence-corrected chi connectivity index (χ1v) is 7.72. The minimum Gasteiger partial charge on any atom is -0.491 e. The van der Waals surface area contributed by atoms with E-state index in [0.717, 1.165) is 5.75 Å². The molecule has 0 unspecified atom stereocenters. The number of carbonyl (C=O) groups excluding carboxylic acids is 1. The molecule has 0 aliphatic carbocycles.